The molecule has 0 fully saturated rings. The highest BCUT2D eigenvalue weighted by Gasteiger charge is 2.25. The predicted octanol–water partition coefficient (Wildman–Crippen LogP) is 1.92. The number of nitrogens with two attached hydrogens (primary N) is 1. The van der Waals surface area contributed by atoms with Crippen LogP contribution in [-0.4, -0.2) is 28.2 Å². The third kappa shape index (κ3) is 4.51. The van der Waals surface area contributed by atoms with Gasteiger partial charge in [-0.15, -0.1) is 11.3 Å². The second-order valence-electron chi connectivity index (χ2n) is 4.48. The molecule has 1 heterocycles. The molecular formula is C11H19BrN2O3S2. The van der Waals surface area contributed by atoms with Gasteiger partial charge < -0.3 is 10.5 Å². The number of halogens is 1. The van der Waals surface area contributed by atoms with Crippen LogP contribution in [0.15, 0.2) is 14.7 Å². The van der Waals surface area contributed by atoms with Crippen molar-refractivity contribution in [1.29, 1.82) is 0 Å². The third-order valence-corrected chi connectivity index (χ3v) is 6.42. The van der Waals surface area contributed by atoms with Crippen LogP contribution < -0.4 is 10.5 Å². The number of ether oxygens (including phenoxy) is 1. The number of sulfonamides is 1. The van der Waals surface area contributed by atoms with Crippen LogP contribution in [0, 0.1) is 5.92 Å². The predicted molar refractivity (Wildman–Crippen MR) is 80.7 cm³/mol. The first-order chi connectivity index (χ1) is 8.81. The van der Waals surface area contributed by atoms with Gasteiger partial charge >= 0.3 is 0 Å². The summed E-state index contributed by atoms with van der Waals surface area (Å²) < 4.78 is 33.0. The molecule has 1 aromatic heterocycles. The number of hydrogen-bond donors (Lipinski definition) is 2. The summed E-state index contributed by atoms with van der Waals surface area (Å²) in [4.78, 5) is 1.06. The van der Waals surface area contributed by atoms with E-state index in [9.17, 15) is 8.42 Å². The van der Waals surface area contributed by atoms with Crippen LogP contribution in [0.25, 0.3) is 0 Å². The summed E-state index contributed by atoms with van der Waals surface area (Å²) in [7, 11) is -2.02. The quantitative estimate of drug-likeness (QED) is 0.767. The maximum Gasteiger partial charge on any atom is 0.242 e. The number of hydrogen-bond acceptors (Lipinski definition) is 5. The van der Waals surface area contributed by atoms with Gasteiger partial charge in [-0.1, -0.05) is 13.8 Å². The fraction of sp³-hybridized carbons (Fsp3) is 0.636. The third-order valence-electron chi connectivity index (χ3n) is 2.65. The highest BCUT2D eigenvalue weighted by Crippen LogP contribution is 2.31. The first-order valence-corrected chi connectivity index (χ1v) is 8.90. The Hall–Kier alpha value is 0.01000. The summed E-state index contributed by atoms with van der Waals surface area (Å²) in [5, 5.41) is 0. The number of nitrogens with one attached hydrogen (secondary N) is 1. The molecule has 3 N–H and O–H groups in total. The van der Waals surface area contributed by atoms with Crippen molar-refractivity contribution in [3.8, 4) is 0 Å². The Bertz CT molecular complexity index is 514. The fourth-order valence-corrected chi connectivity index (χ4v) is 5.42. The van der Waals surface area contributed by atoms with E-state index >= 15 is 0 Å². The Morgan fingerprint density at radius 1 is 1.53 bits per heavy atom. The van der Waals surface area contributed by atoms with Crippen molar-refractivity contribution in [3.63, 3.8) is 0 Å². The minimum Gasteiger partial charge on any atom is -0.383 e. The summed E-state index contributed by atoms with van der Waals surface area (Å²) in [6, 6.07) is 1.34. The summed E-state index contributed by atoms with van der Waals surface area (Å²) in [5.74, 6) is 0.140. The molecule has 0 radical (unpaired) electrons. The zero-order valence-corrected chi connectivity index (χ0v) is 14.4. The normalized spacial score (nSPS) is 14.0. The Labute approximate surface area is 126 Å². The maximum atomic E-state index is 12.3. The summed E-state index contributed by atoms with van der Waals surface area (Å²) in [6.45, 7) is 4.55. The van der Waals surface area contributed by atoms with E-state index in [0.29, 0.717) is 16.9 Å². The van der Waals surface area contributed by atoms with Crippen LogP contribution in [0.5, 0.6) is 0 Å². The molecule has 110 valence electrons. The second-order valence-corrected chi connectivity index (χ2v) is 8.62. The zero-order valence-electron chi connectivity index (χ0n) is 11.1. The van der Waals surface area contributed by atoms with Crippen LogP contribution >= 0.6 is 27.3 Å². The molecular weight excluding hydrogens is 352 g/mol. The molecule has 0 saturated heterocycles. The van der Waals surface area contributed by atoms with Gasteiger partial charge in [-0.05, 0) is 27.9 Å². The smallest absolute Gasteiger partial charge is 0.242 e. The minimum atomic E-state index is -3.57. The topological polar surface area (TPSA) is 81.4 Å². The molecule has 1 atom stereocenters. The molecule has 8 heteroatoms. The largest absolute Gasteiger partial charge is 0.383 e. The molecule has 1 unspecified atom stereocenters. The first-order valence-electron chi connectivity index (χ1n) is 5.81. The van der Waals surface area contributed by atoms with Crippen molar-refractivity contribution < 1.29 is 13.2 Å². The van der Waals surface area contributed by atoms with E-state index in [0.717, 1.165) is 4.88 Å². The number of rotatable bonds is 7. The molecule has 19 heavy (non-hydrogen) atoms. The van der Waals surface area contributed by atoms with E-state index in [1.807, 2.05) is 13.8 Å². The van der Waals surface area contributed by atoms with Crippen molar-refractivity contribution in [2.24, 2.45) is 11.7 Å². The Kier molecular flexibility index (Phi) is 6.41. The average Bonchev–Trinajstić information content (AvgIpc) is 2.70. The Balaban J connectivity index is 2.99. The van der Waals surface area contributed by atoms with Crippen molar-refractivity contribution in [2.45, 2.75) is 31.3 Å². The maximum absolute atomic E-state index is 12.3. The van der Waals surface area contributed by atoms with E-state index in [-0.39, 0.29) is 16.9 Å². The molecule has 1 rings (SSSR count). The average molecular weight is 371 g/mol. The van der Waals surface area contributed by atoms with E-state index in [4.69, 9.17) is 10.5 Å². The number of methoxy groups -OCH3 is 1. The molecule has 0 aliphatic carbocycles. The van der Waals surface area contributed by atoms with Crippen molar-refractivity contribution in [1.82, 2.24) is 4.72 Å². The SMILES string of the molecule is COCC(NS(=O)(=O)c1cc(CN)sc1Br)C(C)C. The lowest BCUT2D eigenvalue weighted by atomic mass is 10.1. The summed E-state index contributed by atoms with van der Waals surface area (Å²) in [5.41, 5.74) is 5.53. The van der Waals surface area contributed by atoms with Crippen molar-refractivity contribution >= 4 is 37.3 Å². The molecule has 1 aromatic rings. The van der Waals surface area contributed by atoms with E-state index in [2.05, 4.69) is 20.7 Å². The van der Waals surface area contributed by atoms with Crippen molar-refractivity contribution in [2.75, 3.05) is 13.7 Å². The van der Waals surface area contributed by atoms with Gasteiger partial charge in [0.1, 0.15) is 4.90 Å². The van der Waals surface area contributed by atoms with Crippen LogP contribution in [-0.2, 0) is 21.3 Å². The van der Waals surface area contributed by atoms with Gasteiger partial charge in [0.15, 0.2) is 0 Å². The molecule has 0 aromatic carbocycles. The standard InChI is InChI=1S/C11H19BrN2O3S2/c1-7(2)9(6-17-3)14-19(15,16)10-4-8(5-13)18-11(10)12/h4,7,9,14H,5-6,13H2,1-3H3. The van der Waals surface area contributed by atoms with Crippen LogP contribution in [0.2, 0.25) is 0 Å². The number of thiophene rings is 1. The van der Waals surface area contributed by atoms with Gasteiger partial charge in [0.25, 0.3) is 0 Å². The van der Waals surface area contributed by atoms with Crippen LogP contribution in [0.3, 0.4) is 0 Å². The lowest BCUT2D eigenvalue weighted by Crippen LogP contribution is -2.41. The molecule has 0 saturated carbocycles. The van der Waals surface area contributed by atoms with Gasteiger partial charge in [-0.25, -0.2) is 13.1 Å². The molecule has 0 amide bonds. The van der Waals surface area contributed by atoms with Crippen LogP contribution in [0.1, 0.15) is 18.7 Å². The monoisotopic (exact) mass is 370 g/mol. The van der Waals surface area contributed by atoms with E-state index < -0.39 is 10.0 Å². The van der Waals surface area contributed by atoms with Crippen LogP contribution in [0.4, 0.5) is 0 Å². The van der Waals surface area contributed by atoms with Gasteiger partial charge in [0, 0.05) is 24.6 Å². The van der Waals surface area contributed by atoms with Gasteiger partial charge in [0.05, 0.1) is 10.4 Å². The minimum absolute atomic E-state index is 0.140. The Morgan fingerprint density at radius 2 is 2.16 bits per heavy atom. The van der Waals surface area contributed by atoms with Gasteiger partial charge in [-0.3, -0.25) is 0 Å². The summed E-state index contributed by atoms with van der Waals surface area (Å²) in [6.07, 6.45) is 0. The summed E-state index contributed by atoms with van der Waals surface area (Å²) >= 11 is 4.60. The van der Waals surface area contributed by atoms with Crippen molar-refractivity contribution in [3.05, 3.63) is 14.7 Å². The highest BCUT2D eigenvalue weighted by atomic mass is 79.9. The molecule has 0 aliphatic rings. The van der Waals surface area contributed by atoms with Gasteiger partial charge in [0.2, 0.25) is 10.0 Å². The molecule has 0 spiro atoms. The van der Waals surface area contributed by atoms with E-state index in [1.54, 1.807) is 13.2 Å². The molecule has 0 bridgehead atoms. The zero-order chi connectivity index (χ0) is 14.6. The highest BCUT2D eigenvalue weighted by molar-refractivity contribution is 9.11. The first kappa shape index (κ1) is 17.1. The lowest BCUT2D eigenvalue weighted by Gasteiger charge is -2.21. The lowest BCUT2D eigenvalue weighted by molar-refractivity contribution is 0.157. The second kappa shape index (κ2) is 7.14. The molecule has 0 aliphatic heterocycles. The molecule has 5 nitrogen and oxygen atoms in total. The fourth-order valence-electron chi connectivity index (χ4n) is 1.49. The Morgan fingerprint density at radius 3 is 2.58 bits per heavy atom. The van der Waals surface area contributed by atoms with E-state index in [1.165, 1.54) is 11.3 Å². The van der Waals surface area contributed by atoms with Gasteiger partial charge in [-0.2, -0.15) is 0 Å².